The quantitative estimate of drug-likeness (QED) is 0.422. The van der Waals surface area contributed by atoms with Gasteiger partial charge in [-0.25, -0.2) is 0 Å². The molecule has 0 bridgehead atoms. The van der Waals surface area contributed by atoms with E-state index in [1.165, 1.54) is 32.1 Å². The lowest BCUT2D eigenvalue weighted by Gasteiger charge is -2.09. The zero-order valence-corrected chi connectivity index (χ0v) is 12.6. The van der Waals surface area contributed by atoms with Crippen molar-refractivity contribution in [2.75, 3.05) is 0 Å². The van der Waals surface area contributed by atoms with E-state index in [9.17, 15) is 9.90 Å². The fourth-order valence-corrected chi connectivity index (χ4v) is 2.66. The second-order valence-corrected chi connectivity index (χ2v) is 5.83. The summed E-state index contributed by atoms with van der Waals surface area (Å²) in [6, 6.07) is 0. The van der Waals surface area contributed by atoms with E-state index >= 15 is 0 Å². The molecule has 0 radical (unpaired) electrons. The van der Waals surface area contributed by atoms with Gasteiger partial charge in [0.05, 0.1) is 18.1 Å². The SMILES string of the molecule is CCCCCCCC1OC1CC(CCCC)C(=O)O. The Balaban J connectivity index is 2.09. The normalized spacial score (nSPS) is 23.3. The summed E-state index contributed by atoms with van der Waals surface area (Å²) in [6.07, 6.45) is 11.7. The second-order valence-electron chi connectivity index (χ2n) is 5.83. The fourth-order valence-electron chi connectivity index (χ4n) is 2.66. The van der Waals surface area contributed by atoms with E-state index in [4.69, 9.17) is 4.74 Å². The van der Waals surface area contributed by atoms with Gasteiger partial charge in [0.15, 0.2) is 0 Å². The number of unbranched alkanes of at least 4 members (excludes halogenated alkanes) is 5. The Kier molecular flexibility index (Phi) is 8.11. The number of carboxylic acid groups (broad SMARTS) is 1. The van der Waals surface area contributed by atoms with Crippen LogP contribution < -0.4 is 0 Å². The van der Waals surface area contributed by atoms with Crippen molar-refractivity contribution < 1.29 is 14.6 Å². The van der Waals surface area contributed by atoms with Gasteiger partial charge in [-0.1, -0.05) is 58.8 Å². The first kappa shape index (κ1) is 16.5. The monoisotopic (exact) mass is 270 g/mol. The van der Waals surface area contributed by atoms with Gasteiger partial charge in [-0.3, -0.25) is 4.79 Å². The van der Waals surface area contributed by atoms with Crippen LogP contribution in [-0.4, -0.2) is 23.3 Å². The molecule has 0 aliphatic carbocycles. The summed E-state index contributed by atoms with van der Waals surface area (Å²) in [5, 5.41) is 9.18. The number of aliphatic carboxylic acids is 1. The Morgan fingerprint density at radius 3 is 2.37 bits per heavy atom. The maximum atomic E-state index is 11.2. The molecule has 1 N–H and O–H groups in total. The highest BCUT2D eigenvalue weighted by Gasteiger charge is 2.40. The molecule has 0 spiro atoms. The summed E-state index contributed by atoms with van der Waals surface area (Å²) < 4.78 is 5.62. The molecule has 0 aromatic heterocycles. The number of hydrogen-bond donors (Lipinski definition) is 1. The summed E-state index contributed by atoms with van der Waals surface area (Å²) in [6.45, 7) is 4.33. The van der Waals surface area contributed by atoms with Crippen LogP contribution in [-0.2, 0) is 9.53 Å². The zero-order chi connectivity index (χ0) is 14.1. The number of epoxide rings is 1. The molecule has 3 unspecified atom stereocenters. The molecule has 0 aromatic carbocycles. The van der Waals surface area contributed by atoms with Crippen LogP contribution in [0.2, 0.25) is 0 Å². The number of rotatable bonds is 12. The summed E-state index contributed by atoms with van der Waals surface area (Å²) in [4.78, 5) is 11.2. The molecule has 19 heavy (non-hydrogen) atoms. The van der Waals surface area contributed by atoms with Gasteiger partial charge in [0.2, 0.25) is 0 Å². The summed E-state index contributed by atoms with van der Waals surface area (Å²) in [7, 11) is 0. The van der Waals surface area contributed by atoms with Crippen molar-refractivity contribution in [3.8, 4) is 0 Å². The number of hydrogen-bond acceptors (Lipinski definition) is 2. The highest BCUT2D eigenvalue weighted by molar-refractivity contribution is 5.70. The predicted molar refractivity (Wildman–Crippen MR) is 77.3 cm³/mol. The Morgan fingerprint density at radius 2 is 1.74 bits per heavy atom. The van der Waals surface area contributed by atoms with Crippen LogP contribution in [0.15, 0.2) is 0 Å². The van der Waals surface area contributed by atoms with Crippen LogP contribution in [0.25, 0.3) is 0 Å². The fraction of sp³-hybridized carbons (Fsp3) is 0.938. The molecule has 3 atom stereocenters. The van der Waals surface area contributed by atoms with Gasteiger partial charge in [0, 0.05) is 0 Å². The molecule has 0 aromatic rings. The lowest BCUT2D eigenvalue weighted by Crippen LogP contribution is -2.16. The molecule has 1 heterocycles. The van der Waals surface area contributed by atoms with Crippen LogP contribution in [0.3, 0.4) is 0 Å². The van der Waals surface area contributed by atoms with E-state index in [0.29, 0.717) is 6.10 Å². The average Bonchev–Trinajstić information content (AvgIpc) is 3.12. The van der Waals surface area contributed by atoms with Gasteiger partial charge in [-0.2, -0.15) is 0 Å². The lowest BCUT2D eigenvalue weighted by atomic mass is 9.95. The minimum atomic E-state index is -0.648. The highest BCUT2D eigenvalue weighted by atomic mass is 16.6. The third kappa shape index (κ3) is 6.95. The van der Waals surface area contributed by atoms with Crippen LogP contribution in [0.1, 0.15) is 78.1 Å². The number of carbonyl (C=O) groups is 1. The minimum Gasteiger partial charge on any atom is -0.481 e. The van der Waals surface area contributed by atoms with Crippen LogP contribution in [0, 0.1) is 5.92 Å². The Morgan fingerprint density at radius 1 is 1.05 bits per heavy atom. The van der Waals surface area contributed by atoms with Crippen LogP contribution >= 0.6 is 0 Å². The van der Waals surface area contributed by atoms with E-state index in [1.54, 1.807) is 0 Å². The first-order chi connectivity index (χ1) is 9.19. The predicted octanol–water partition coefficient (Wildman–Crippen LogP) is 4.40. The van der Waals surface area contributed by atoms with Crippen molar-refractivity contribution in [1.82, 2.24) is 0 Å². The molecule has 3 nitrogen and oxygen atoms in total. The highest BCUT2D eigenvalue weighted by Crippen LogP contribution is 2.34. The van der Waals surface area contributed by atoms with E-state index in [2.05, 4.69) is 13.8 Å². The molecule has 1 fully saturated rings. The van der Waals surface area contributed by atoms with E-state index in [1.807, 2.05) is 0 Å². The summed E-state index contributed by atoms with van der Waals surface area (Å²) in [5.41, 5.74) is 0. The third-order valence-electron chi connectivity index (χ3n) is 4.05. The van der Waals surface area contributed by atoms with E-state index in [0.717, 1.165) is 32.1 Å². The maximum absolute atomic E-state index is 11.2. The van der Waals surface area contributed by atoms with Gasteiger partial charge >= 0.3 is 5.97 Å². The minimum absolute atomic E-state index is 0.199. The molecule has 3 heteroatoms. The maximum Gasteiger partial charge on any atom is 0.306 e. The van der Waals surface area contributed by atoms with Gasteiger partial charge in [-0.05, 0) is 19.3 Å². The second kappa shape index (κ2) is 9.35. The van der Waals surface area contributed by atoms with Crippen molar-refractivity contribution >= 4 is 5.97 Å². The summed E-state index contributed by atoms with van der Waals surface area (Å²) >= 11 is 0. The lowest BCUT2D eigenvalue weighted by molar-refractivity contribution is -0.142. The first-order valence-electron chi connectivity index (χ1n) is 8.07. The zero-order valence-electron chi connectivity index (χ0n) is 12.6. The third-order valence-corrected chi connectivity index (χ3v) is 4.05. The number of carboxylic acids is 1. The van der Waals surface area contributed by atoms with Crippen molar-refractivity contribution in [3.63, 3.8) is 0 Å². The number of ether oxygens (including phenoxy) is 1. The standard InChI is InChI=1S/C16H30O3/c1-3-5-7-8-9-11-14-15(19-14)12-13(16(17)18)10-6-4-2/h13-15H,3-12H2,1-2H3,(H,17,18). The largest absolute Gasteiger partial charge is 0.481 e. The van der Waals surface area contributed by atoms with Gasteiger partial charge in [0.25, 0.3) is 0 Å². The topological polar surface area (TPSA) is 49.8 Å². The molecule has 0 saturated carbocycles. The van der Waals surface area contributed by atoms with Gasteiger partial charge < -0.3 is 9.84 Å². The van der Waals surface area contributed by atoms with Crippen molar-refractivity contribution in [3.05, 3.63) is 0 Å². The van der Waals surface area contributed by atoms with Crippen molar-refractivity contribution in [1.29, 1.82) is 0 Å². The summed E-state index contributed by atoms with van der Waals surface area (Å²) in [5.74, 6) is -0.847. The molecular formula is C16H30O3. The average molecular weight is 270 g/mol. The molecule has 1 saturated heterocycles. The molecule has 112 valence electrons. The van der Waals surface area contributed by atoms with Crippen molar-refractivity contribution in [2.45, 2.75) is 90.3 Å². The van der Waals surface area contributed by atoms with Crippen molar-refractivity contribution in [2.24, 2.45) is 5.92 Å². The smallest absolute Gasteiger partial charge is 0.306 e. The molecular weight excluding hydrogens is 240 g/mol. The molecule has 1 aliphatic rings. The van der Waals surface area contributed by atoms with Gasteiger partial charge in [0.1, 0.15) is 0 Å². The molecule has 1 rings (SSSR count). The van der Waals surface area contributed by atoms with E-state index < -0.39 is 5.97 Å². The Hall–Kier alpha value is -0.570. The first-order valence-corrected chi connectivity index (χ1v) is 8.07. The molecule has 0 amide bonds. The Labute approximate surface area is 117 Å². The van der Waals surface area contributed by atoms with E-state index in [-0.39, 0.29) is 12.0 Å². The van der Waals surface area contributed by atoms with Crippen LogP contribution in [0.5, 0.6) is 0 Å². The molecule has 1 aliphatic heterocycles. The Bertz CT molecular complexity index is 252. The van der Waals surface area contributed by atoms with Crippen LogP contribution in [0.4, 0.5) is 0 Å². The van der Waals surface area contributed by atoms with Gasteiger partial charge in [-0.15, -0.1) is 0 Å².